The van der Waals surface area contributed by atoms with Gasteiger partial charge in [0.15, 0.2) is 0 Å². The molecular formula is C22H27N3O. The molecule has 1 aromatic heterocycles. The summed E-state index contributed by atoms with van der Waals surface area (Å²) in [6.07, 6.45) is 7.44. The molecule has 2 saturated carbocycles. The second-order valence-electron chi connectivity index (χ2n) is 7.96. The van der Waals surface area contributed by atoms with E-state index in [0.29, 0.717) is 23.7 Å². The first-order valence-corrected chi connectivity index (χ1v) is 9.76. The van der Waals surface area contributed by atoms with Crippen molar-refractivity contribution < 1.29 is 4.79 Å². The molecule has 1 aromatic carbocycles. The van der Waals surface area contributed by atoms with Crippen molar-refractivity contribution >= 4 is 17.4 Å². The van der Waals surface area contributed by atoms with Crippen LogP contribution in [0.5, 0.6) is 0 Å². The van der Waals surface area contributed by atoms with E-state index in [1.165, 1.54) is 18.4 Å². The molecule has 2 aliphatic rings. The molecule has 136 valence electrons. The Kier molecular flexibility index (Phi) is 4.91. The number of anilines is 2. The van der Waals surface area contributed by atoms with Gasteiger partial charge in [-0.3, -0.25) is 4.79 Å². The van der Waals surface area contributed by atoms with E-state index in [-0.39, 0.29) is 11.8 Å². The molecular weight excluding hydrogens is 322 g/mol. The van der Waals surface area contributed by atoms with Gasteiger partial charge in [-0.15, -0.1) is 0 Å². The van der Waals surface area contributed by atoms with Crippen molar-refractivity contribution in [2.75, 3.05) is 10.6 Å². The smallest absolute Gasteiger partial charge is 0.228 e. The van der Waals surface area contributed by atoms with Gasteiger partial charge in [0.2, 0.25) is 5.91 Å². The van der Waals surface area contributed by atoms with E-state index in [4.69, 9.17) is 0 Å². The van der Waals surface area contributed by atoms with Crippen molar-refractivity contribution in [1.82, 2.24) is 4.98 Å². The average Bonchev–Trinajstić information content (AvgIpc) is 3.49. The molecule has 0 aliphatic heterocycles. The zero-order valence-corrected chi connectivity index (χ0v) is 15.3. The van der Waals surface area contributed by atoms with Gasteiger partial charge in [-0.05, 0) is 61.6 Å². The molecule has 2 N–H and O–H groups in total. The molecule has 4 nitrogen and oxygen atoms in total. The molecule has 0 bridgehead atoms. The summed E-state index contributed by atoms with van der Waals surface area (Å²) in [6, 6.07) is 15.2. The van der Waals surface area contributed by atoms with E-state index >= 15 is 0 Å². The number of carbonyl (C=O) groups excluding carboxylic acids is 1. The van der Waals surface area contributed by atoms with Crippen molar-refractivity contribution in [3.63, 3.8) is 0 Å². The maximum absolute atomic E-state index is 11.8. The van der Waals surface area contributed by atoms with E-state index in [9.17, 15) is 4.79 Å². The molecule has 4 heteroatoms. The predicted molar refractivity (Wildman–Crippen MR) is 105 cm³/mol. The van der Waals surface area contributed by atoms with Crippen molar-refractivity contribution in [1.29, 1.82) is 0 Å². The van der Waals surface area contributed by atoms with E-state index in [2.05, 4.69) is 52.9 Å². The number of carbonyl (C=O) groups is 1. The third-order valence-corrected chi connectivity index (χ3v) is 5.55. The number of benzene rings is 1. The molecule has 2 aliphatic carbocycles. The third kappa shape index (κ3) is 4.24. The Morgan fingerprint density at radius 1 is 1.04 bits per heavy atom. The van der Waals surface area contributed by atoms with Crippen LogP contribution in [0, 0.1) is 11.8 Å². The van der Waals surface area contributed by atoms with Crippen LogP contribution in [0.4, 0.5) is 11.5 Å². The number of rotatable bonds is 5. The highest BCUT2D eigenvalue weighted by Crippen LogP contribution is 2.37. The summed E-state index contributed by atoms with van der Waals surface area (Å²) in [5.41, 5.74) is 2.47. The van der Waals surface area contributed by atoms with Gasteiger partial charge >= 0.3 is 0 Å². The normalized spacial score (nSPS) is 25.5. The number of nitrogens with zero attached hydrogens (tertiary/aromatic N) is 1. The summed E-state index contributed by atoms with van der Waals surface area (Å²) in [5.74, 6) is 2.27. The minimum Gasteiger partial charge on any atom is -0.381 e. The maximum Gasteiger partial charge on any atom is 0.228 e. The van der Waals surface area contributed by atoms with Crippen LogP contribution < -0.4 is 10.6 Å². The summed E-state index contributed by atoms with van der Waals surface area (Å²) >= 11 is 0. The van der Waals surface area contributed by atoms with Crippen LogP contribution in [-0.4, -0.2) is 16.9 Å². The monoisotopic (exact) mass is 349 g/mol. The minimum atomic E-state index is 0.102. The maximum atomic E-state index is 11.8. The van der Waals surface area contributed by atoms with Gasteiger partial charge in [0.05, 0.1) is 11.9 Å². The highest BCUT2D eigenvalue weighted by Gasteiger charge is 2.30. The molecule has 4 rings (SSSR count). The van der Waals surface area contributed by atoms with Crippen molar-refractivity contribution in [2.24, 2.45) is 11.8 Å². The van der Waals surface area contributed by atoms with E-state index < -0.39 is 0 Å². The Balaban J connectivity index is 1.37. The highest BCUT2D eigenvalue weighted by molar-refractivity contribution is 5.93. The van der Waals surface area contributed by atoms with Crippen LogP contribution in [-0.2, 0) is 4.79 Å². The molecule has 1 amide bonds. The number of amides is 1. The number of pyridine rings is 1. The first kappa shape index (κ1) is 17.1. The lowest BCUT2D eigenvalue weighted by Crippen LogP contribution is -2.30. The lowest BCUT2D eigenvalue weighted by molar-refractivity contribution is -0.117. The minimum absolute atomic E-state index is 0.102. The molecule has 0 saturated heterocycles. The van der Waals surface area contributed by atoms with Crippen molar-refractivity contribution in [3.8, 4) is 0 Å². The van der Waals surface area contributed by atoms with Crippen LogP contribution in [0.15, 0.2) is 48.7 Å². The fourth-order valence-corrected chi connectivity index (χ4v) is 4.08. The number of hydrogen-bond donors (Lipinski definition) is 2. The summed E-state index contributed by atoms with van der Waals surface area (Å²) in [7, 11) is 0. The molecule has 2 aromatic rings. The number of aromatic nitrogens is 1. The Hall–Kier alpha value is -2.36. The van der Waals surface area contributed by atoms with Gasteiger partial charge in [-0.1, -0.05) is 37.3 Å². The summed E-state index contributed by atoms with van der Waals surface area (Å²) in [4.78, 5) is 16.2. The zero-order valence-electron chi connectivity index (χ0n) is 15.3. The summed E-state index contributed by atoms with van der Waals surface area (Å²) in [5, 5.41) is 6.54. The Labute approximate surface area is 155 Å². The Morgan fingerprint density at radius 2 is 1.85 bits per heavy atom. The Morgan fingerprint density at radius 3 is 2.54 bits per heavy atom. The molecule has 1 heterocycles. The molecule has 0 spiro atoms. The second kappa shape index (κ2) is 7.48. The van der Waals surface area contributed by atoms with Crippen LogP contribution in [0.1, 0.15) is 50.5 Å². The van der Waals surface area contributed by atoms with Crippen molar-refractivity contribution in [2.45, 2.75) is 51.0 Å². The fraction of sp³-hybridized carbons (Fsp3) is 0.455. The number of nitrogens with one attached hydrogen (secondary N) is 2. The zero-order chi connectivity index (χ0) is 17.9. The largest absolute Gasteiger partial charge is 0.381 e. The van der Waals surface area contributed by atoms with Gasteiger partial charge in [-0.2, -0.15) is 0 Å². The summed E-state index contributed by atoms with van der Waals surface area (Å²) in [6.45, 7) is 2.35. The molecule has 0 radical (unpaired) electrons. The SMILES string of the molecule is CC1CC(Nc2ccc(NC(=O)C3CC3)nc2)CC(c2ccccc2)C1. The van der Waals surface area contributed by atoms with Crippen LogP contribution in [0.3, 0.4) is 0 Å². The lowest BCUT2D eigenvalue weighted by atomic mass is 9.76. The second-order valence-corrected chi connectivity index (χ2v) is 7.96. The first-order chi connectivity index (χ1) is 12.7. The lowest BCUT2D eigenvalue weighted by Gasteiger charge is -2.34. The van der Waals surface area contributed by atoms with Crippen LogP contribution >= 0.6 is 0 Å². The van der Waals surface area contributed by atoms with Crippen molar-refractivity contribution in [3.05, 3.63) is 54.2 Å². The number of hydrogen-bond acceptors (Lipinski definition) is 3. The van der Waals surface area contributed by atoms with Gasteiger partial charge in [-0.25, -0.2) is 4.98 Å². The van der Waals surface area contributed by atoms with Gasteiger partial charge in [0, 0.05) is 12.0 Å². The topological polar surface area (TPSA) is 54.0 Å². The molecule has 2 fully saturated rings. The van der Waals surface area contributed by atoms with E-state index in [0.717, 1.165) is 24.9 Å². The van der Waals surface area contributed by atoms with Gasteiger partial charge in [0.25, 0.3) is 0 Å². The predicted octanol–water partition coefficient (Wildman–Crippen LogP) is 4.81. The standard InChI is InChI=1S/C22H27N3O/c1-15-11-18(16-5-3-2-4-6-16)13-20(12-15)24-19-9-10-21(23-14-19)25-22(26)17-7-8-17/h2-6,9-10,14-15,17-18,20,24H,7-8,11-13H2,1H3,(H,23,25,26). The first-order valence-electron chi connectivity index (χ1n) is 9.76. The molecule has 3 unspecified atom stereocenters. The molecule has 3 atom stereocenters. The van der Waals surface area contributed by atoms with E-state index in [1.54, 1.807) is 0 Å². The fourth-order valence-electron chi connectivity index (χ4n) is 4.08. The van der Waals surface area contributed by atoms with Crippen LogP contribution in [0.2, 0.25) is 0 Å². The highest BCUT2D eigenvalue weighted by atomic mass is 16.2. The third-order valence-electron chi connectivity index (χ3n) is 5.55. The quantitative estimate of drug-likeness (QED) is 0.814. The molecule has 26 heavy (non-hydrogen) atoms. The van der Waals surface area contributed by atoms with Crippen LogP contribution in [0.25, 0.3) is 0 Å². The summed E-state index contributed by atoms with van der Waals surface area (Å²) < 4.78 is 0. The Bertz CT molecular complexity index is 740. The average molecular weight is 349 g/mol. The van der Waals surface area contributed by atoms with Gasteiger partial charge in [0.1, 0.15) is 5.82 Å². The van der Waals surface area contributed by atoms with E-state index in [1.807, 2.05) is 18.3 Å². The van der Waals surface area contributed by atoms with Gasteiger partial charge < -0.3 is 10.6 Å².